The van der Waals surface area contributed by atoms with E-state index in [9.17, 15) is 4.79 Å². The molecule has 1 amide bonds. The fourth-order valence-corrected chi connectivity index (χ4v) is 1.32. The standard InChI is InChI=1S/C11H24N4O/c1-4-8-13-11(12)14-9-7-10(16)15(5-2)6-3/h4-9H2,1-3H3,(H3,12,13,14). The number of guanidine groups is 1. The second-order valence-electron chi connectivity index (χ2n) is 3.51. The zero-order valence-electron chi connectivity index (χ0n) is 10.6. The first-order valence-electron chi connectivity index (χ1n) is 5.97. The average molecular weight is 228 g/mol. The van der Waals surface area contributed by atoms with Crippen LogP contribution in [0.5, 0.6) is 0 Å². The Kier molecular flexibility index (Phi) is 8.29. The Morgan fingerprint density at radius 3 is 2.44 bits per heavy atom. The first kappa shape index (κ1) is 14.7. The highest BCUT2D eigenvalue weighted by Crippen LogP contribution is 1.92. The zero-order valence-corrected chi connectivity index (χ0v) is 10.6. The van der Waals surface area contributed by atoms with E-state index >= 15 is 0 Å². The molecule has 0 atom stereocenters. The van der Waals surface area contributed by atoms with E-state index in [0.29, 0.717) is 18.9 Å². The molecule has 0 bridgehead atoms. The first-order chi connectivity index (χ1) is 7.65. The van der Waals surface area contributed by atoms with Gasteiger partial charge in [0.25, 0.3) is 0 Å². The highest BCUT2D eigenvalue weighted by atomic mass is 16.2. The van der Waals surface area contributed by atoms with E-state index in [0.717, 1.165) is 26.1 Å². The Labute approximate surface area is 98.1 Å². The number of hydrogen-bond acceptors (Lipinski definition) is 2. The summed E-state index contributed by atoms with van der Waals surface area (Å²) in [7, 11) is 0. The Hall–Kier alpha value is -1.26. The van der Waals surface area contributed by atoms with Crippen LogP contribution in [0.3, 0.4) is 0 Å². The molecule has 0 saturated heterocycles. The molecule has 0 spiro atoms. The van der Waals surface area contributed by atoms with Gasteiger partial charge >= 0.3 is 0 Å². The number of hydrogen-bond donors (Lipinski definition) is 2. The Balaban J connectivity index is 3.76. The van der Waals surface area contributed by atoms with Gasteiger partial charge in [-0.05, 0) is 20.3 Å². The van der Waals surface area contributed by atoms with Crippen molar-refractivity contribution in [1.82, 2.24) is 10.2 Å². The van der Waals surface area contributed by atoms with Gasteiger partial charge in [0.2, 0.25) is 5.91 Å². The van der Waals surface area contributed by atoms with Crippen LogP contribution in [0.2, 0.25) is 0 Å². The summed E-state index contributed by atoms with van der Waals surface area (Å²) < 4.78 is 0. The molecule has 0 aliphatic rings. The van der Waals surface area contributed by atoms with E-state index in [2.05, 4.69) is 10.3 Å². The second kappa shape index (κ2) is 9.00. The first-order valence-corrected chi connectivity index (χ1v) is 5.97. The number of rotatable bonds is 7. The molecule has 0 aromatic carbocycles. The lowest BCUT2D eigenvalue weighted by Gasteiger charge is -2.18. The van der Waals surface area contributed by atoms with Crippen LogP contribution in [0.25, 0.3) is 0 Å². The Morgan fingerprint density at radius 1 is 1.31 bits per heavy atom. The lowest BCUT2D eigenvalue weighted by atomic mass is 10.3. The largest absolute Gasteiger partial charge is 0.370 e. The van der Waals surface area contributed by atoms with Crippen LogP contribution in [0, 0.1) is 0 Å². The van der Waals surface area contributed by atoms with Gasteiger partial charge in [-0.25, -0.2) is 0 Å². The van der Waals surface area contributed by atoms with Crippen molar-refractivity contribution in [3.63, 3.8) is 0 Å². The average Bonchev–Trinajstić information content (AvgIpc) is 2.28. The summed E-state index contributed by atoms with van der Waals surface area (Å²) in [4.78, 5) is 17.5. The van der Waals surface area contributed by atoms with E-state index in [1.165, 1.54) is 0 Å². The van der Waals surface area contributed by atoms with Gasteiger partial charge in [-0.2, -0.15) is 0 Å². The molecule has 0 fully saturated rings. The summed E-state index contributed by atoms with van der Waals surface area (Å²) in [5.74, 6) is 0.579. The summed E-state index contributed by atoms with van der Waals surface area (Å²) >= 11 is 0. The summed E-state index contributed by atoms with van der Waals surface area (Å²) in [5.41, 5.74) is 5.60. The van der Waals surface area contributed by atoms with Crippen LogP contribution >= 0.6 is 0 Å². The van der Waals surface area contributed by atoms with Gasteiger partial charge in [-0.3, -0.25) is 9.79 Å². The smallest absolute Gasteiger partial charge is 0.224 e. The monoisotopic (exact) mass is 228 g/mol. The third-order valence-corrected chi connectivity index (χ3v) is 2.27. The molecular weight excluding hydrogens is 204 g/mol. The molecule has 0 aromatic rings. The lowest BCUT2D eigenvalue weighted by Crippen LogP contribution is -2.37. The number of nitrogens with zero attached hydrogens (tertiary/aromatic N) is 2. The van der Waals surface area contributed by atoms with Gasteiger partial charge in [-0.1, -0.05) is 6.92 Å². The third-order valence-electron chi connectivity index (χ3n) is 2.27. The molecule has 0 aliphatic heterocycles. The van der Waals surface area contributed by atoms with Crippen molar-refractivity contribution >= 4 is 11.9 Å². The van der Waals surface area contributed by atoms with E-state index in [-0.39, 0.29) is 5.91 Å². The number of carbonyl (C=O) groups excluding carboxylic acids is 1. The van der Waals surface area contributed by atoms with Crippen LogP contribution < -0.4 is 11.1 Å². The summed E-state index contributed by atoms with van der Waals surface area (Å²) in [6.07, 6.45) is 1.44. The van der Waals surface area contributed by atoms with Gasteiger partial charge in [-0.15, -0.1) is 0 Å². The minimum Gasteiger partial charge on any atom is -0.370 e. The van der Waals surface area contributed by atoms with E-state index < -0.39 is 0 Å². The molecule has 94 valence electrons. The van der Waals surface area contributed by atoms with Crippen LogP contribution in [-0.2, 0) is 4.79 Å². The lowest BCUT2D eigenvalue weighted by molar-refractivity contribution is -0.130. The minimum absolute atomic E-state index is 0.154. The fourth-order valence-electron chi connectivity index (χ4n) is 1.32. The van der Waals surface area contributed by atoms with Crippen LogP contribution in [0.1, 0.15) is 33.6 Å². The van der Waals surface area contributed by atoms with Crippen molar-refractivity contribution < 1.29 is 4.79 Å². The van der Waals surface area contributed by atoms with Crippen molar-refractivity contribution in [2.45, 2.75) is 33.6 Å². The molecule has 0 aromatic heterocycles. The van der Waals surface area contributed by atoms with Crippen molar-refractivity contribution in [2.75, 3.05) is 26.2 Å². The van der Waals surface area contributed by atoms with Crippen LogP contribution in [0.4, 0.5) is 0 Å². The predicted molar refractivity (Wildman–Crippen MR) is 67.3 cm³/mol. The van der Waals surface area contributed by atoms with E-state index in [1.807, 2.05) is 20.8 Å². The molecule has 5 heteroatoms. The van der Waals surface area contributed by atoms with Crippen LogP contribution in [-0.4, -0.2) is 42.9 Å². The van der Waals surface area contributed by atoms with Gasteiger partial charge in [0, 0.05) is 32.6 Å². The highest BCUT2D eigenvalue weighted by Gasteiger charge is 2.08. The number of aliphatic imine (C=N–C) groups is 1. The summed E-state index contributed by atoms with van der Waals surface area (Å²) in [6, 6.07) is 0. The third kappa shape index (κ3) is 6.27. The SMILES string of the molecule is CCCN=C(N)NCCC(=O)N(CC)CC. The van der Waals surface area contributed by atoms with Crippen LogP contribution in [0.15, 0.2) is 4.99 Å². The molecule has 3 N–H and O–H groups in total. The number of carbonyl (C=O) groups is 1. The topological polar surface area (TPSA) is 70.7 Å². The molecule has 0 heterocycles. The van der Waals surface area contributed by atoms with Gasteiger partial charge in [0.15, 0.2) is 5.96 Å². The molecule has 5 nitrogen and oxygen atoms in total. The fraction of sp³-hybridized carbons (Fsp3) is 0.818. The Bertz CT molecular complexity index is 224. The molecular formula is C11H24N4O. The van der Waals surface area contributed by atoms with Crippen molar-refractivity contribution in [2.24, 2.45) is 10.7 Å². The number of nitrogens with one attached hydrogen (secondary N) is 1. The number of amides is 1. The molecule has 0 saturated carbocycles. The maximum Gasteiger partial charge on any atom is 0.224 e. The van der Waals surface area contributed by atoms with Gasteiger partial charge < -0.3 is 16.0 Å². The van der Waals surface area contributed by atoms with Crippen molar-refractivity contribution in [1.29, 1.82) is 0 Å². The normalized spacial score (nSPS) is 11.3. The Morgan fingerprint density at radius 2 is 1.94 bits per heavy atom. The number of nitrogens with two attached hydrogens (primary N) is 1. The molecule has 0 rings (SSSR count). The van der Waals surface area contributed by atoms with E-state index in [1.54, 1.807) is 4.90 Å². The quantitative estimate of drug-likeness (QED) is 0.494. The van der Waals surface area contributed by atoms with Crippen molar-refractivity contribution in [3.05, 3.63) is 0 Å². The maximum absolute atomic E-state index is 11.6. The predicted octanol–water partition coefficient (Wildman–Crippen LogP) is 0.559. The molecule has 0 unspecified atom stereocenters. The van der Waals surface area contributed by atoms with Gasteiger partial charge in [0.05, 0.1) is 0 Å². The molecule has 0 radical (unpaired) electrons. The summed E-state index contributed by atoms with van der Waals surface area (Å²) in [6.45, 7) is 8.79. The maximum atomic E-state index is 11.6. The van der Waals surface area contributed by atoms with E-state index in [4.69, 9.17) is 5.73 Å². The molecule has 16 heavy (non-hydrogen) atoms. The second-order valence-corrected chi connectivity index (χ2v) is 3.51. The minimum atomic E-state index is 0.154. The summed E-state index contributed by atoms with van der Waals surface area (Å²) in [5, 5.41) is 2.93. The van der Waals surface area contributed by atoms with Crippen molar-refractivity contribution in [3.8, 4) is 0 Å². The highest BCUT2D eigenvalue weighted by molar-refractivity contribution is 5.80. The van der Waals surface area contributed by atoms with Gasteiger partial charge in [0.1, 0.15) is 0 Å². The molecule has 0 aliphatic carbocycles. The zero-order chi connectivity index (χ0) is 12.4.